The molecule has 3 aromatic rings. The standard InChI is InChI=1S/C20H20N4O5S/c1-3-24-19(16-9-6-10-28-16)22-23-20(24)30-12-18(27)29-11-17(26)21-15-8-5-4-7-14(15)13(2)25/h4-10H,3,11-12H2,1-2H3,(H,21,26). The molecule has 0 fully saturated rings. The lowest BCUT2D eigenvalue weighted by atomic mass is 10.1. The van der Waals surface area contributed by atoms with Crippen LogP contribution in [0.2, 0.25) is 0 Å². The number of esters is 1. The molecule has 0 saturated heterocycles. The molecule has 0 unspecified atom stereocenters. The van der Waals surface area contributed by atoms with E-state index in [2.05, 4.69) is 15.5 Å². The lowest BCUT2D eigenvalue weighted by molar-refractivity contribution is -0.144. The zero-order valence-electron chi connectivity index (χ0n) is 16.5. The maximum absolute atomic E-state index is 12.1. The van der Waals surface area contributed by atoms with Gasteiger partial charge in [0.05, 0.1) is 17.7 Å². The number of para-hydroxylation sites is 1. The second kappa shape index (κ2) is 9.88. The molecule has 1 aromatic carbocycles. The fourth-order valence-corrected chi connectivity index (χ4v) is 3.47. The molecule has 0 bridgehead atoms. The van der Waals surface area contributed by atoms with Crippen molar-refractivity contribution in [1.82, 2.24) is 14.8 Å². The normalized spacial score (nSPS) is 10.6. The first-order chi connectivity index (χ1) is 14.5. The number of furan rings is 1. The molecule has 0 saturated carbocycles. The molecule has 0 aliphatic carbocycles. The Morgan fingerprint density at radius 1 is 1.17 bits per heavy atom. The minimum Gasteiger partial charge on any atom is -0.461 e. The van der Waals surface area contributed by atoms with Gasteiger partial charge in [0.25, 0.3) is 5.91 Å². The number of nitrogens with zero attached hydrogens (tertiary/aromatic N) is 3. The van der Waals surface area contributed by atoms with Crippen molar-refractivity contribution < 1.29 is 23.5 Å². The Hall–Kier alpha value is -3.40. The van der Waals surface area contributed by atoms with Gasteiger partial charge in [-0.15, -0.1) is 10.2 Å². The number of ether oxygens (including phenoxy) is 1. The summed E-state index contributed by atoms with van der Waals surface area (Å²) in [5.41, 5.74) is 0.765. The minimum absolute atomic E-state index is 0.0341. The average molecular weight is 428 g/mol. The Kier molecular flexibility index (Phi) is 7.02. The highest BCUT2D eigenvalue weighted by atomic mass is 32.2. The van der Waals surface area contributed by atoms with Crippen molar-refractivity contribution in [3.05, 3.63) is 48.2 Å². The van der Waals surface area contributed by atoms with Crippen LogP contribution in [0.4, 0.5) is 5.69 Å². The largest absolute Gasteiger partial charge is 0.461 e. The smallest absolute Gasteiger partial charge is 0.316 e. The van der Waals surface area contributed by atoms with Crippen molar-refractivity contribution in [2.45, 2.75) is 25.5 Å². The zero-order valence-corrected chi connectivity index (χ0v) is 17.3. The lowest BCUT2D eigenvalue weighted by Gasteiger charge is -2.09. The third kappa shape index (κ3) is 5.15. The molecule has 1 amide bonds. The Labute approximate surface area is 176 Å². The van der Waals surface area contributed by atoms with Crippen LogP contribution in [0.25, 0.3) is 11.6 Å². The highest BCUT2D eigenvalue weighted by molar-refractivity contribution is 7.99. The first-order valence-electron chi connectivity index (χ1n) is 9.15. The molecule has 10 heteroatoms. The van der Waals surface area contributed by atoms with E-state index in [4.69, 9.17) is 9.15 Å². The number of anilines is 1. The van der Waals surface area contributed by atoms with Gasteiger partial charge < -0.3 is 14.5 Å². The molecule has 2 heterocycles. The van der Waals surface area contributed by atoms with E-state index in [1.54, 1.807) is 42.7 Å². The van der Waals surface area contributed by atoms with Crippen LogP contribution in [0.1, 0.15) is 24.2 Å². The van der Waals surface area contributed by atoms with Crippen molar-refractivity contribution in [1.29, 1.82) is 0 Å². The van der Waals surface area contributed by atoms with Crippen LogP contribution in [0.3, 0.4) is 0 Å². The van der Waals surface area contributed by atoms with Gasteiger partial charge in [0, 0.05) is 12.1 Å². The fraction of sp³-hybridized carbons (Fsp3) is 0.250. The highest BCUT2D eigenvalue weighted by Crippen LogP contribution is 2.24. The Morgan fingerprint density at radius 3 is 2.67 bits per heavy atom. The monoisotopic (exact) mass is 428 g/mol. The fourth-order valence-electron chi connectivity index (χ4n) is 2.67. The van der Waals surface area contributed by atoms with Crippen molar-refractivity contribution >= 4 is 35.1 Å². The number of nitrogens with one attached hydrogen (secondary N) is 1. The van der Waals surface area contributed by atoms with E-state index in [9.17, 15) is 14.4 Å². The van der Waals surface area contributed by atoms with Crippen LogP contribution < -0.4 is 5.32 Å². The minimum atomic E-state index is -0.569. The van der Waals surface area contributed by atoms with Crippen molar-refractivity contribution in [2.24, 2.45) is 0 Å². The predicted molar refractivity (Wildman–Crippen MR) is 110 cm³/mol. The summed E-state index contributed by atoms with van der Waals surface area (Å²) >= 11 is 1.16. The number of hydrogen-bond donors (Lipinski definition) is 1. The van der Waals surface area contributed by atoms with Crippen LogP contribution in [0.5, 0.6) is 0 Å². The van der Waals surface area contributed by atoms with Crippen molar-refractivity contribution in [3.8, 4) is 11.6 Å². The third-order valence-corrected chi connectivity index (χ3v) is 4.98. The molecule has 9 nitrogen and oxygen atoms in total. The molecule has 3 rings (SSSR count). The maximum atomic E-state index is 12.1. The topological polar surface area (TPSA) is 116 Å². The molecule has 156 valence electrons. The van der Waals surface area contributed by atoms with Crippen molar-refractivity contribution in [2.75, 3.05) is 17.7 Å². The quantitative estimate of drug-likeness (QED) is 0.314. The Morgan fingerprint density at radius 2 is 1.97 bits per heavy atom. The summed E-state index contributed by atoms with van der Waals surface area (Å²) in [6.45, 7) is 3.48. The third-order valence-electron chi connectivity index (χ3n) is 4.04. The van der Waals surface area contributed by atoms with E-state index >= 15 is 0 Å². The number of Topliss-reactive ketones (excluding diaryl/α,β-unsaturated/α-hetero) is 1. The van der Waals surface area contributed by atoms with Crippen LogP contribution >= 0.6 is 11.8 Å². The molecule has 0 aliphatic rings. The van der Waals surface area contributed by atoms with Gasteiger partial charge in [-0.25, -0.2) is 0 Å². The summed E-state index contributed by atoms with van der Waals surface area (Å²) in [6, 6.07) is 10.2. The van der Waals surface area contributed by atoms with Gasteiger partial charge in [0.15, 0.2) is 29.1 Å². The summed E-state index contributed by atoms with van der Waals surface area (Å²) in [4.78, 5) is 35.7. The van der Waals surface area contributed by atoms with E-state index in [1.807, 2.05) is 11.5 Å². The van der Waals surface area contributed by atoms with Crippen LogP contribution in [0.15, 0.2) is 52.2 Å². The first-order valence-corrected chi connectivity index (χ1v) is 10.1. The average Bonchev–Trinajstić information content (AvgIpc) is 3.40. The maximum Gasteiger partial charge on any atom is 0.316 e. The number of carbonyl (C=O) groups excluding carboxylic acids is 3. The molecule has 1 N–H and O–H groups in total. The number of hydrogen-bond acceptors (Lipinski definition) is 8. The number of aromatic nitrogens is 3. The van der Waals surface area contributed by atoms with E-state index in [0.717, 1.165) is 11.8 Å². The summed E-state index contributed by atoms with van der Waals surface area (Å²) in [5, 5.41) is 11.3. The SMILES string of the molecule is CCn1c(SCC(=O)OCC(=O)Nc2ccccc2C(C)=O)nnc1-c1ccco1. The summed E-state index contributed by atoms with van der Waals surface area (Å²) < 4.78 is 12.2. The molecular weight excluding hydrogens is 408 g/mol. The lowest BCUT2D eigenvalue weighted by Crippen LogP contribution is -2.22. The molecule has 2 aromatic heterocycles. The van der Waals surface area contributed by atoms with Gasteiger partial charge in [0.2, 0.25) is 0 Å². The Balaban J connectivity index is 1.51. The molecule has 0 aliphatic heterocycles. The number of benzene rings is 1. The molecule has 0 atom stereocenters. The molecular formula is C20H20N4O5S. The number of thioether (sulfide) groups is 1. The molecule has 0 radical (unpaired) electrons. The van der Waals surface area contributed by atoms with E-state index in [-0.39, 0.29) is 11.5 Å². The number of amides is 1. The van der Waals surface area contributed by atoms with Crippen molar-refractivity contribution in [3.63, 3.8) is 0 Å². The van der Waals surface area contributed by atoms with Gasteiger partial charge in [-0.3, -0.25) is 19.0 Å². The molecule has 30 heavy (non-hydrogen) atoms. The summed E-state index contributed by atoms with van der Waals surface area (Å²) in [6.07, 6.45) is 1.55. The van der Waals surface area contributed by atoms with Crippen LogP contribution in [-0.4, -0.2) is 44.8 Å². The second-order valence-corrected chi connectivity index (χ2v) is 7.07. The second-order valence-electron chi connectivity index (χ2n) is 6.13. The van der Waals surface area contributed by atoms with Crippen LogP contribution in [-0.2, 0) is 20.9 Å². The summed E-state index contributed by atoms with van der Waals surface area (Å²) in [7, 11) is 0. The zero-order chi connectivity index (χ0) is 21.5. The number of carbonyl (C=O) groups is 3. The highest BCUT2D eigenvalue weighted by Gasteiger charge is 2.17. The molecule has 0 spiro atoms. The van der Waals surface area contributed by atoms with Gasteiger partial charge in [-0.1, -0.05) is 23.9 Å². The van der Waals surface area contributed by atoms with Crippen LogP contribution in [0, 0.1) is 0 Å². The van der Waals surface area contributed by atoms with Gasteiger partial charge >= 0.3 is 5.97 Å². The first kappa shape index (κ1) is 21.3. The van der Waals surface area contributed by atoms with E-state index in [0.29, 0.717) is 34.5 Å². The van der Waals surface area contributed by atoms with Gasteiger partial charge in [-0.2, -0.15) is 0 Å². The van der Waals surface area contributed by atoms with Gasteiger partial charge in [-0.05, 0) is 38.1 Å². The predicted octanol–water partition coefficient (Wildman–Crippen LogP) is 3.03. The Bertz CT molecular complexity index is 1050. The number of rotatable bonds is 9. The van der Waals surface area contributed by atoms with E-state index in [1.165, 1.54) is 6.92 Å². The van der Waals surface area contributed by atoms with Gasteiger partial charge in [0.1, 0.15) is 0 Å². The number of ketones is 1. The van der Waals surface area contributed by atoms with E-state index < -0.39 is 18.5 Å². The summed E-state index contributed by atoms with van der Waals surface area (Å²) in [5.74, 6) is -0.149.